The molecular weight excluding hydrogens is 514 g/mol. The highest BCUT2D eigenvalue weighted by Crippen LogP contribution is 2.40. The van der Waals surface area contributed by atoms with E-state index in [-0.39, 0.29) is 41.4 Å². The van der Waals surface area contributed by atoms with Gasteiger partial charge in [0, 0.05) is 44.8 Å². The molecule has 0 aliphatic carbocycles. The predicted molar refractivity (Wildman–Crippen MR) is 136 cm³/mol. The molecule has 11 nitrogen and oxygen atoms in total. The van der Waals surface area contributed by atoms with E-state index >= 15 is 0 Å². The van der Waals surface area contributed by atoms with Crippen LogP contribution in [0.5, 0.6) is 0 Å². The Morgan fingerprint density at radius 3 is 2.16 bits per heavy atom. The number of carbonyl (C=O) groups excluding carboxylic acids is 2. The highest BCUT2D eigenvalue weighted by atomic mass is 32.2. The van der Waals surface area contributed by atoms with Crippen molar-refractivity contribution in [2.24, 2.45) is 0 Å². The van der Waals surface area contributed by atoms with Gasteiger partial charge in [-0.15, -0.1) is 0 Å². The minimum atomic E-state index is -3.72. The van der Waals surface area contributed by atoms with Crippen LogP contribution in [0, 0.1) is 6.92 Å². The number of amides is 1. The van der Waals surface area contributed by atoms with E-state index in [1.54, 1.807) is 19.1 Å². The van der Waals surface area contributed by atoms with Gasteiger partial charge >= 0.3 is 0 Å². The number of carbonyl (C=O) groups is 2. The van der Waals surface area contributed by atoms with Gasteiger partial charge in [0.05, 0.1) is 36.9 Å². The summed E-state index contributed by atoms with van der Waals surface area (Å²) in [6.07, 6.45) is 0. The van der Waals surface area contributed by atoms with E-state index in [0.29, 0.717) is 44.5 Å². The fourth-order valence-corrected chi connectivity index (χ4v) is 6.37. The number of aliphatic hydroxyl groups is 1. The van der Waals surface area contributed by atoms with Crippen LogP contribution in [0.3, 0.4) is 0 Å². The van der Waals surface area contributed by atoms with Crippen LogP contribution in [0.2, 0.25) is 0 Å². The molecule has 1 N–H and O–H groups in total. The Hall–Kier alpha value is -3.03. The number of aryl methyl sites for hydroxylation is 1. The first-order chi connectivity index (χ1) is 18.3. The Kier molecular flexibility index (Phi) is 7.68. The summed E-state index contributed by atoms with van der Waals surface area (Å²) in [5, 5.41) is 11.3. The Morgan fingerprint density at radius 2 is 1.55 bits per heavy atom. The molecule has 2 aromatic rings. The third-order valence-electron chi connectivity index (χ3n) is 7.07. The molecule has 3 saturated heterocycles. The first-order valence-electron chi connectivity index (χ1n) is 12.6. The molecule has 12 heteroatoms. The van der Waals surface area contributed by atoms with Gasteiger partial charge in [0.1, 0.15) is 23.3 Å². The molecule has 0 spiro atoms. The normalized spacial score (nSPS) is 23.3. The topological polar surface area (TPSA) is 130 Å². The molecule has 5 rings (SSSR count). The SMILES string of the molecule is Cc1ccc(C2/C(=C(/O)c3ccc(S(=O)(=O)N4CCOCC4)cc3)C(=O)C(=O)N2CCN2CCOCC2)o1. The first kappa shape index (κ1) is 26.6. The Labute approximate surface area is 221 Å². The van der Waals surface area contributed by atoms with E-state index < -0.39 is 27.8 Å². The highest BCUT2D eigenvalue weighted by molar-refractivity contribution is 7.89. The number of sulfonamides is 1. The van der Waals surface area contributed by atoms with Gasteiger partial charge in [-0.2, -0.15) is 4.31 Å². The second-order valence-electron chi connectivity index (χ2n) is 9.44. The van der Waals surface area contributed by atoms with E-state index in [1.165, 1.54) is 33.5 Å². The minimum absolute atomic E-state index is 0.0696. The van der Waals surface area contributed by atoms with Crippen LogP contribution in [0.15, 0.2) is 51.3 Å². The summed E-state index contributed by atoms with van der Waals surface area (Å²) >= 11 is 0. The summed E-state index contributed by atoms with van der Waals surface area (Å²) in [6, 6.07) is 8.19. The van der Waals surface area contributed by atoms with Crippen molar-refractivity contribution < 1.29 is 37.0 Å². The van der Waals surface area contributed by atoms with Crippen LogP contribution in [0.1, 0.15) is 23.1 Å². The lowest BCUT2D eigenvalue weighted by atomic mass is 9.99. The molecule has 1 aromatic carbocycles. The number of aliphatic hydroxyl groups excluding tert-OH is 1. The Bertz CT molecular complexity index is 1320. The van der Waals surface area contributed by atoms with Crippen LogP contribution < -0.4 is 0 Å². The molecule has 3 aliphatic rings. The molecule has 204 valence electrons. The number of morpholine rings is 2. The molecule has 1 unspecified atom stereocenters. The minimum Gasteiger partial charge on any atom is -0.507 e. The molecule has 1 atom stereocenters. The number of rotatable bonds is 7. The monoisotopic (exact) mass is 545 g/mol. The van der Waals surface area contributed by atoms with Crippen molar-refractivity contribution in [2.75, 3.05) is 65.7 Å². The van der Waals surface area contributed by atoms with Crippen molar-refractivity contribution in [2.45, 2.75) is 17.9 Å². The third-order valence-corrected chi connectivity index (χ3v) is 8.98. The quantitative estimate of drug-likeness (QED) is 0.311. The molecular formula is C26H31N3O8S. The fourth-order valence-electron chi connectivity index (χ4n) is 4.96. The number of furan rings is 1. The van der Waals surface area contributed by atoms with Gasteiger partial charge < -0.3 is 23.9 Å². The largest absolute Gasteiger partial charge is 0.507 e. The number of ketones is 1. The van der Waals surface area contributed by atoms with Gasteiger partial charge in [-0.3, -0.25) is 14.5 Å². The van der Waals surface area contributed by atoms with Gasteiger partial charge in [0.2, 0.25) is 10.0 Å². The maximum Gasteiger partial charge on any atom is 0.295 e. The van der Waals surface area contributed by atoms with Crippen LogP contribution in [-0.4, -0.2) is 105 Å². The lowest BCUT2D eigenvalue weighted by Crippen LogP contribution is -2.42. The zero-order chi connectivity index (χ0) is 26.9. The lowest BCUT2D eigenvalue weighted by Gasteiger charge is -2.30. The van der Waals surface area contributed by atoms with Crippen molar-refractivity contribution >= 4 is 27.5 Å². The third kappa shape index (κ3) is 5.14. The number of Topliss-reactive ketones (excluding diaryl/α,β-unsaturated/α-hetero) is 1. The summed E-state index contributed by atoms with van der Waals surface area (Å²) in [7, 11) is -3.72. The van der Waals surface area contributed by atoms with Gasteiger partial charge in [0.15, 0.2) is 0 Å². The molecule has 0 radical (unpaired) electrons. The van der Waals surface area contributed by atoms with Crippen molar-refractivity contribution in [1.82, 2.24) is 14.1 Å². The van der Waals surface area contributed by atoms with E-state index in [9.17, 15) is 23.1 Å². The number of hydrogen-bond donors (Lipinski definition) is 1. The van der Waals surface area contributed by atoms with Crippen LogP contribution >= 0.6 is 0 Å². The summed E-state index contributed by atoms with van der Waals surface area (Å²) in [5.41, 5.74) is 0.139. The average molecular weight is 546 g/mol. The molecule has 4 heterocycles. The molecule has 0 saturated carbocycles. The van der Waals surface area contributed by atoms with Gasteiger partial charge in [-0.05, 0) is 43.3 Å². The number of hydrogen-bond acceptors (Lipinski definition) is 9. The van der Waals surface area contributed by atoms with E-state index in [2.05, 4.69) is 4.90 Å². The molecule has 1 aromatic heterocycles. The van der Waals surface area contributed by atoms with Crippen molar-refractivity contribution in [3.63, 3.8) is 0 Å². The van der Waals surface area contributed by atoms with Crippen molar-refractivity contribution in [3.05, 3.63) is 59.1 Å². The molecule has 3 fully saturated rings. The molecule has 3 aliphatic heterocycles. The van der Waals surface area contributed by atoms with Crippen LogP contribution in [0.25, 0.3) is 5.76 Å². The second kappa shape index (κ2) is 11.0. The summed E-state index contributed by atoms with van der Waals surface area (Å²) in [6.45, 7) is 6.43. The van der Waals surface area contributed by atoms with Crippen molar-refractivity contribution in [3.8, 4) is 0 Å². The van der Waals surface area contributed by atoms with Gasteiger partial charge in [-0.1, -0.05) is 0 Å². The maximum absolute atomic E-state index is 13.2. The van der Waals surface area contributed by atoms with Crippen molar-refractivity contribution in [1.29, 1.82) is 0 Å². The predicted octanol–water partition coefficient (Wildman–Crippen LogP) is 1.36. The summed E-state index contributed by atoms with van der Waals surface area (Å²) in [5.74, 6) is -0.932. The number of nitrogens with zero attached hydrogens (tertiary/aromatic N) is 3. The molecule has 38 heavy (non-hydrogen) atoms. The van der Waals surface area contributed by atoms with Crippen LogP contribution in [-0.2, 0) is 29.1 Å². The number of benzene rings is 1. The number of likely N-dealkylation sites (tertiary alicyclic amines) is 1. The standard InChI is InChI=1S/C26H31N3O8S/c1-18-2-7-21(37-18)23-22(25(31)26(32)29(23)9-8-27-10-14-35-15-11-27)24(30)19-3-5-20(6-4-19)38(33,34)28-12-16-36-17-13-28/h2-7,23,30H,8-17H2,1H3/b24-22-. The number of ether oxygens (including phenoxy) is 2. The zero-order valence-electron chi connectivity index (χ0n) is 21.2. The van der Waals surface area contributed by atoms with E-state index in [0.717, 1.165) is 13.1 Å². The highest BCUT2D eigenvalue weighted by Gasteiger charge is 2.47. The smallest absolute Gasteiger partial charge is 0.295 e. The van der Waals surface area contributed by atoms with Gasteiger partial charge in [-0.25, -0.2) is 8.42 Å². The summed E-state index contributed by atoms with van der Waals surface area (Å²) < 4.78 is 43.7. The van der Waals surface area contributed by atoms with Crippen LogP contribution in [0.4, 0.5) is 0 Å². The zero-order valence-corrected chi connectivity index (χ0v) is 22.0. The lowest BCUT2D eigenvalue weighted by molar-refractivity contribution is -0.140. The summed E-state index contributed by atoms with van der Waals surface area (Å²) in [4.78, 5) is 30.0. The van der Waals surface area contributed by atoms with Gasteiger partial charge in [0.25, 0.3) is 11.7 Å². The van der Waals surface area contributed by atoms with E-state index in [1.807, 2.05) is 0 Å². The Morgan fingerprint density at radius 1 is 0.921 bits per heavy atom. The Balaban J connectivity index is 1.46. The average Bonchev–Trinajstić information content (AvgIpc) is 3.48. The van der Waals surface area contributed by atoms with E-state index in [4.69, 9.17) is 13.9 Å². The first-order valence-corrected chi connectivity index (χ1v) is 14.0. The maximum atomic E-state index is 13.2. The molecule has 1 amide bonds. The molecule has 0 bridgehead atoms. The fraction of sp³-hybridized carbons (Fsp3) is 0.462. The second-order valence-corrected chi connectivity index (χ2v) is 11.4.